The third-order valence-electron chi connectivity index (χ3n) is 3.47. The number of hydrogen-bond donors (Lipinski definition) is 1. The van der Waals surface area contributed by atoms with E-state index in [1.54, 1.807) is 0 Å². The molecule has 1 N–H and O–H groups in total. The quantitative estimate of drug-likeness (QED) is 0.818. The van der Waals surface area contributed by atoms with E-state index in [4.69, 9.17) is 4.42 Å². The molecule has 1 aliphatic carbocycles. The van der Waals surface area contributed by atoms with Crippen LogP contribution < -0.4 is 5.32 Å². The molecular formula is C13H21NO. The molecule has 0 saturated heterocycles. The average Bonchev–Trinajstić information content (AvgIpc) is 2.74. The first-order valence-electron chi connectivity index (χ1n) is 6.17. The highest BCUT2D eigenvalue weighted by molar-refractivity contribution is 5.24. The van der Waals surface area contributed by atoms with Gasteiger partial charge >= 0.3 is 0 Å². The fourth-order valence-electron chi connectivity index (χ4n) is 2.47. The van der Waals surface area contributed by atoms with Gasteiger partial charge in [0.2, 0.25) is 0 Å². The molecular weight excluding hydrogens is 186 g/mol. The highest BCUT2D eigenvalue weighted by Gasteiger charge is 2.23. The van der Waals surface area contributed by atoms with E-state index in [9.17, 15) is 0 Å². The van der Waals surface area contributed by atoms with Crippen molar-refractivity contribution in [2.45, 2.75) is 58.0 Å². The van der Waals surface area contributed by atoms with Crippen molar-refractivity contribution in [1.29, 1.82) is 0 Å². The zero-order chi connectivity index (χ0) is 10.7. The molecule has 1 aromatic rings. The van der Waals surface area contributed by atoms with Crippen molar-refractivity contribution in [3.05, 3.63) is 23.7 Å². The number of nitrogens with one attached hydrogen (secondary N) is 1. The summed E-state index contributed by atoms with van der Waals surface area (Å²) in [6.07, 6.45) is 7.86. The van der Waals surface area contributed by atoms with Crippen LogP contribution in [0.3, 0.4) is 0 Å². The summed E-state index contributed by atoms with van der Waals surface area (Å²) in [4.78, 5) is 0. The molecule has 1 aromatic heterocycles. The van der Waals surface area contributed by atoms with Gasteiger partial charge in [0.05, 0.1) is 6.26 Å². The number of aryl methyl sites for hydroxylation is 1. The van der Waals surface area contributed by atoms with Crippen LogP contribution in [0, 0.1) is 0 Å². The van der Waals surface area contributed by atoms with Crippen LogP contribution in [0.1, 0.15) is 56.9 Å². The maximum absolute atomic E-state index is 5.50. The lowest BCUT2D eigenvalue weighted by atomic mass is 9.92. The van der Waals surface area contributed by atoms with Gasteiger partial charge in [0.25, 0.3) is 0 Å². The summed E-state index contributed by atoms with van der Waals surface area (Å²) in [7, 11) is 0. The van der Waals surface area contributed by atoms with E-state index in [2.05, 4.69) is 25.2 Å². The van der Waals surface area contributed by atoms with Gasteiger partial charge in [0.15, 0.2) is 0 Å². The maximum atomic E-state index is 5.50. The van der Waals surface area contributed by atoms with Crippen molar-refractivity contribution in [2.24, 2.45) is 0 Å². The fraction of sp³-hybridized carbons (Fsp3) is 0.692. The van der Waals surface area contributed by atoms with Crippen molar-refractivity contribution < 1.29 is 4.42 Å². The van der Waals surface area contributed by atoms with Crippen LogP contribution in [0.15, 0.2) is 16.7 Å². The Bertz CT molecular complexity index is 301. The van der Waals surface area contributed by atoms with E-state index in [1.165, 1.54) is 37.0 Å². The third kappa shape index (κ3) is 2.25. The lowest BCUT2D eigenvalue weighted by Gasteiger charge is -2.27. The molecule has 0 radical (unpaired) electrons. The van der Waals surface area contributed by atoms with Gasteiger partial charge in [-0.1, -0.05) is 13.8 Å². The molecule has 1 heterocycles. The molecule has 0 fully saturated rings. The molecule has 84 valence electrons. The van der Waals surface area contributed by atoms with E-state index in [0.717, 1.165) is 6.42 Å². The third-order valence-corrected chi connectivity index (χ3v) is 3.47. The van der Waals surface area contributed by atoms with Crippen LogP contribution >= 0.6 is 0 Å². The van der Waals surface area contributed by atoms with Crippen molar-refractivity contribution >= 4 is 0 Å². The molecule has 2 heteroatoms. The second kappa shape index (κ2) is 4.84. The summed E-state index contributed by atoms with van der Waals surface area (Å²) < 4.78 is 5.50. The monoisotopic (exact) mass is 207 g/mol. The summed E-state index contributed by atoms with van der Waals surface area (Å²) in [5, 5.41) is 3.74. The first-order chi connectivity index (χ1) is 7.35. The van der Waals surface area contributed by atoms with Gasteiger partial charge in [-0.05, 0) is 31.7 Å². The molecule has 0 aliphatic heterocycles. The Hall–Kier alpha value is -0.760. The van der Waals surface area contributed by atoms with Crippen LogP contribution in [-0.2, 0) is 6.42 Å². The summed E-state index contributed by atoms with van der Waals surface area (Å²) in [5.41, 5.74) is 1.40. The molecule has 0 saturated carbocycles. The zero-order valence-electron chi connectivity index (χ0n) is 9.75. The van der Waals surface area contributed by atoms with Crippen molar-refractivity contribution in [3.8, 4) is 0 Å². The molecule has 0 amide bonds. The second-order valence-corrected chi connectivity index (χ2v) is 4.42. The number of rotatable bonds is 4. The van der Waals surface area contributed by atoms with Gasteiger partial charge in [-0.15, -0.1) is 0 Å². The summed E-state index contributed by atoms with van der Waals surface area (Å²) >= 11 is 0. The Morgan fingerprint density at radius 2 is 2.27 bits per heavy atom. The molecule has 1 unspecified atom stereocenters. The Labute approximate surface area is 92.1 Å². The maximum Gasteiger partial charge on any atom is 0.108 e. The second-order valence-electron chi connectivity index (χ2n) is 4.42. The van der Waals surface area contributed by atoms with E-state index in [0.29, 0.717) is 12.1 Å². The molecule has 1 aliphatic rings. The number of fused-ring (bicyclic) bond motifs is 1. The minimum atomic E-state index is 0.525. The smallest absolute Gasteiger partial charge is 0.108 e. The van der Waals surface area contributed by atoms with Crippen LogP contribution in [0.5, 0.6) is 0 Å². The van der Waals surface area contributed by atoms with Crippen LogP contribution in [0.2, 0.25) is 0 Å². The predicted molar refractivity (Wildman–Crippen MR) is 61.9 cm³/mol. The predicted octanol–water partition coefficient (Wildman–Crippen LogP) is 3.44. The minimum Gasteiger partial charge on any atom is -0.469 e. The first kappa shape index (κ1) is 10.7. The molecule has 0 aromatic carbocycles. The van der Waals surface area contributed by atoms with E-state index in [-0.39, 0.29) is 0 Å². The first-order valence-corrected chi connectivity index (χ1v) is 6.17. The Kier molecular flexibility index (Phi) is 3.47. The van der Waals surface area contributed by atoms with Crippen molar-refractivity contribution in [3.63, 3.8) is 0 Å². The molecule has 1 atom stereocenters. The molecule has 2 nitrogen and oxygen atoms in total. The highest BCUT2D eigenvalue weighted by Crippen LogP contribution is 2.31. The van der Waals surface area contributed by atoms with E-state index in [1.807, 2.05) is 6.26 Å². The fourth-order valence-corrected chi connectivity index (χ4v) is 2.47. The van der Waals surface area contributed by atoms with E-state index >= 15 is 0 Å². The van der Waals surface area contributed by atoms with Gasteiger partial charge in [0, 0.05) is 24.1 Å². The van der Waals surface area contributed by atoms with Gasteiger partial charge in [-0.3, -0.25) is 0 Å². The normalized spacial score (nSPS) is 20.6. The summed E-state index contributed by atoms with van der Waals surface area (Å²) in [6.45, 7) is 4.50. The van der Waals surface area contributed by atoms with Crippen LogP contribution in [0.25, 0.3) is 0 Å². The molecule has 15 heavy (non-hydrogen) atoms. The van der Waals surface area contributed by atoms with Gasteiger partial charge in [0.1, 0.15) is 5.76 Å². The lowest BCUT2D eigenvalue weighted by molar-refractivity contribution is 0.361. The lowest BCUT2D eigenvalue weighted by Crippen LogP contribution is -2.33. The van der Waals surface area contributed by atoms with E-state index < -0.39 is 0 Å². The topological polar surface area (TPSA) is 25.2 Å². The zero-order valence-corrected chi connectivity index (χ0v) is 9.75. The molecule has 0 spiro atoms. The van der Waals surface area contributed by atoms with Gasteiger partial charge < -0.3 is 9.73 Å². The molecule has 2 rings (SSSR count). The molecule has 0 bridgehead atoms. The summed E-state index contributed by atoms with van der Waals surface area (Å²) in [5.74, 6) is 1.20. The Morgan fingerprint density at radius 1 is 1.47 bits per heavy atom. The average molecular weight is 207 g/mol. The SMILES string of the molecule is CCC(CC)NC1CCCc2occc21. The van der Waals surface area contributed by atoms with Crippen LogP contribution in [-0.4, -0.2) is 6.04 Å². The van der Waals surface area contributed by atoms with Gasteiger partial charge in [-0.25, -0.2) is 0 Å². The van der Waals surface area contributed by atoms with Gasteiger partial charge in [-0.2, -0.15) is 0 Å². The minimum absolute atomic E-state index is 0.525. The standard InChI is InChI=1S/C13H21NO/c1-3-10(4-2)14-12-6-5-7-13-11(12)8-9-15-13/h8-10,12,14H,3-7H2,1-2H3. The Balaban J connectivity index is 2.06. The Morgan fingerprint density at radius 3 is 3.00 bits per heavy atom. The van der Waals surface area contributed by atoms with Crippen LogP contribution in [0.4, 0.5) is 0 Å². The number of furan rings is 1. The van der Waals surface area contributed by atoms with Crippen molar-refractivity contribution in [1.82, 2.24) is 5.32 Å². The highest BCUT2D eigenvalue weighted by atomic mass is 16.3. The summed E-state index contributed by atoms with van der Waals surface area (Å²) in [6, 6.07) is 3.31. The van der Waals surface area contributed by atoms with Crippen molar-refractivity contribution in [2.75, 3.05) is 0 Å². The number of hydrogen-bond acceptors (Lipinski definition) is 2. The largest absolute Gasteiger partial charge is 0.469 e.